The lowest BCUT2D eigenvalue weighted by atomic mass is 10.1. The quantitative estimate of drug-likeness (QED) is 0.836. The average molecular weight is 258 g/mol. The van der Waals surface area contributed by atoms with Crippen molar-refractivity contribution in [3.63, 3.8) is 0 Å². The molecule has 0 saturated carbocycles. The van der Waals surface area contributed by atoms with Gasteiger partial charge in [-0.05, 0) is 24.6 Å². The van der Waals surface area contributed by atoms with Gasteiger partial charge in [0.05, 0.1) is 12.1 Å². The van der Waals surface area contributed by atoms with Crippen LogP contribution < -0.4 is 10.2 Å². The van der Waals surface area contributed by atoms with Crippen molar-refractivity contribution in [1.29, 1.82) is 0 Å². The zero-order valence-electron chi connectivity index (χ0n) is 9.63. The van der Waals surface area contributed by atoms with E-state index in [2.05, 4.69) is 5.32 Å². The summed E-state index contributed by atoms with van der Waals surface area (Å²) in [6.45, 7) is 1.23. The minimum absolute atomic E-state index is 0.0985. The summed E-state index contributed by atoms with van der Waals surface area (Å²) in [5.74, 6) is -0.162. The molecule has 0 unspecified atom stereocenters. The number of benzene rings is 1. The number of alkyl halides is 3. The monoisotopic (exact) mass is 258 g/mol. The predicted octanol–water partition coefficient (Wildman–Crippen LogP) is 2.03. The average Bonchev–Trinajstić information content (AvgIpc) is 2.53. The van der Waals surface area contributed by atoms with E-state index in [1.54, 1.807) is 11.0 Å². The SMILES string of the molecule is O=C1CN(c2cccc(C(F)(F)F)c2)CCCN1. The van der Waals surface area contributed by atoms with Crippen LogP contribution in [0, 0.1) is 0 Å². The number of halogens is 3. The Morgan fingerprint density at radius 2 is 2.06 bits per heavy atom. The number of hydrogen-bond acceptors (Lipinski definition) is 2. The molecule has 2 rings (SSSR count). The number of hydrogen-bond donors (Lipinski definition) is 1. The first-order valence-electron chi connectivity index (χ1n) is 5.66. The molecule has 1 aliphatic heterocycles. The van der Waals surface area contributed by atoms with Crippen molar-refractivity contribution in [3.05, 3.63) is 29.8 Å². The normalized spacial score (nSPS) is 17.3. The Labute approximate surface area is 103 Å². The Bertz CT molecular complexity index is 445. The molecule has 1 amide bonds. The van der Waals surface area contributed by atoms with Gasteiger partial charge in [-0.2, -0.15) is 13.2 Å². The topological polar surface area (TPSA) is 32.3 Å². The Kier molecular flexibility index (Phi) is 3.45. The maximum atomic E-state index is 12.6. The minimum atomic E-state index is -4.36. The van der Waals surface area contributed by atoms with Crippen LogP contribution in [0.15, 0.2) is 24.3 Å². The number of amides is 1. The first kappa shape index (κ1) is 12.7. The Balaban J connectivity index is 2.24. The molecule has 1 fully saturated rings. The molecule has 0 radical (unpaired) electrons. The van der Waals surface area contributed by atoms with Crippen molar-refractivity contribution in [3.8, 4) is 0 Å². The molecule has 0 aliphatic carbocycles. The lowest BCUT2D eigenvalue weighted by Crippen LogP contribution is -2.33. The zero-order chi connectivity index (χ0) is 13.2. The summed E-state index contributed by atoms with van der Waals surface area (Å²) in [6, 6.07) is 5.06. The van der Waals surface area contributed by atoms with E-state index in [9.17, 15) is 18.0 Å². The predicted molar refractivity (Wildman–Crippen MR) is 61.3 cm³/mol. The Morgan fingerprint density at radius 3 is 2.78 bits per heavy atom. The van der Waals surface area contributed by atoms with E-state index in [1.807, 2.05) is 0 Å². The summed E-state index contributed by atoms with van der Waals surface area (Å²) in [5.41, 5.74) is -0.258. The highest BCUT2D eigenvalue weighted by Gasteiger charge is 2.31. The van der Waals surface area contributed by atoms with Gasteiger partial charge in [0.1, 0.15) is 0 Å². The van der Waals surface area contributed by atoms with Crippen molar-refractivity contribution in [2.45, 2.75) is 12.6 Å². The number of carbonyl (C=O) groups excluding carboxylic acids is 1. The highest BCUT2D eigenvalue weighted by molar-refractivity contribution is 5.81. The fourth-order valence-electron chi connectivity index (χ4n) is 1.91. The first-order valence-corrected chi connectivity index (χ1v) is 5.66. The van der Waals surface area contributed by atoms with E-state index < -0.39 is 11.7 Å². The molecular formula is C12H13F3N2O. The van der Waals surface area contributed by atoms with E-state index in [0.29, 0.717) is 18.8 Å². The van der Waals surface area contributed by atoms with Gasteiger partial charge in [-0.15, -0.1) is 0 Å². The van der Waals surface area contributed by atoms with E-state index in [-0.39, 0.29) is 12.5 Å². The Hall–Kier alpha value is -1.72. The second-order valence-electron chi connectivity index (χ2n) is 4.17. The molecule has 1 saturated heterocycles. The molecule has 0 spiro atoms. The van der Waals surface area contributed by atoms with Gasteiger partial charge < -0.3 is 10.2 Å². The third kappa shape index (κ3) is 2.94. The van der Waals surface area contributed by atoms with Crippen LogP contribution >= 0.6 is 0 Å². The summed E-state index contributed by atoms with van der Waals surface area (Å²) in [7, 11) is 0. The van der Waals surface area contributed by atoms with Crippen molar-refractivity contribution in [2.75, 3.05) is 24.5 Å². The van der Waals surface area contributed by atoms with Crippen LogP contribution in [0.4, 0.5) is 18.9 Å². The van der Waals surface area contributed by atoms with Crippen LogP contribution in [-0.4, -0.2) is 25.5 Å². The lowest BCUT2D eigenvalue weighted by Gasteiger charge is -2.22. The van der Waals surface area contributed by atoms with Crippen LogP contribution in [0.1, 0.15) is 12.0 Å². The van der Waals surface area contributed by atoms with Gasteiger partial charge in [-0.25, -0.2) is 0 Å². The highest BCUT2D eigenvalue weighted by atomic mass is 19.4. The van der Waals surface area contributed by atoms with Crippen LogP contribution in [0.5, 0.6) is 0 Å². The maximum Gasteiger partial charge on any atom is 0.416 e. The van der Waals surface area contributed by atoms with Gasteiger partial charge in [0.25, 0.3) is 0 Å². The third-order valence-electron chi connectivity index (χ3n) is 2.80. The maximum absolute atomic E-state index is 12.6. The van der Waals surface area contributed by atoms with Crippen molar-refractivity contribution in [2.24, 2.45) is 0 Å². The summed E-state index contributed by atoms with van der Waals surface area (Å²) < 4.78 is 37.8. The smallest absolute Gasteiger partial charge is 0.362 e. The molecule has 3 nitrogen and oxygen atoms in total. The summed E-state index contributed by atoms with van der Waals surface area (Å²) in [4.78, 5) is 13.0. The largest absolute Gasteiger partial charge is 0.416 e. The molecule has 1 N–H and O–H groups in total. The van der Waals surface area contributed by atoms with Crippen molar-refractivity contribution >= 4 is 11.6 Å². The van der Waals surface area contributed by atoms with Crippen LogP contribution in [0.25, 0.3) is 0 Å². The number of rotatable bonds is 1. The van der Waals surface area contributed by atoms with Crippen LogP contribution in [-0.2, 0) is 11.0 Å². The first-order chi connectivity index (χ1) is 8.47. The molecular weight excluding hydrogens is 245 g/mol. The highest BCUT2D eigenvalue weighted by Crippen LogP contribution is 2.31. The molecule has 1 aliphatic rings. The van der Waals surface area contributed by atoms with E-state index in [1.165, 1.54) is 6.07 Å². The minimum Gasteiger partial charge on any atom is -0.362 e. The van der Waals surface area contributed by atoms with Crippen molar-refractivity contribution < 1.29 is 18.0 Å². The molecule has 18 heavy (non-hydrogen) atoms. The third-order valence-corrected chi connectivity index (χ3v) is 2.80. The van der Waals surface area contributed by atoms with Gasteiger partial charge in [0.15, 0.2) is 0 Å². The van der Waals surface area contributed by atoms with Crippen LogP contribution in [0.3, 0.4) is 0 Å². The van der Waals surface area contributed by atoms with Gasteiger partial charge in [-0.3, -0.25) is 4.79 Å². The van der Waals surface area contributed by atoms with E-state index in [0.717, 1.165) is 18.6 Å². The number of nitrogens with zero attached hydrogens (tertiary/aromatic N) is 1. The number of nitrogens with one attached hydrogen (secondary N) is 1. The van der Waals surface area contributed by atoms with Gasteiger partial charge >= 0.3 is 6.18 Å². The molecule has 1 heterocycles. The zero-order valence-corrected chi connectivity index (χ0v) is 9.63. The lowest BCUT2D eigenvalue weighted by molar-refractivity contribution is -0.137. The van der Waals surface area contributed by atoms with Gasteiger partial charge in [0, 0.05) is 18.8 Å². The molecule has 6 heteroatoms. The standard InChI is InChI=1S/C12H13F3N2O/c13-12(14,15)9-3-1-4-10(7-9)17-6-2-5-16-11(18)8-17/h1,3-4,7H,2,5-6,8H2,(H,16,18). The fourth-order valence-corrected chi connectivity index (χ4v) is 1.91. The molecule has 1 aromatic rings. The molecule has 98 valence electrons. The molecule has 0 bridgehead atoms. The summed E-state index contributed by atoms with van der Waals surface area (Å²) >= 11 is 0. The van der Waals surface area contributed by atoms with E-state index >= 15 is 0 Å². The number of carbonyl (C=O) groups is 1. The molecule has 0 aromatic heterocycles. The fraction of sp³-hybridized carbons (Fsp3) is 0.417. The second-order valence-corrected chi connectivity index (χ2v) is 4.17. The van der Waals surface area contributed by atoms with Crippen molar-refractivity contribution in [1.82, 2.24) is 5.32 Å². The molecule has 1 aromatic carbocycles. The van der Waals surface area contributed by atoms with E-state index in [4.69, 9.17) is 0 Å². The molecule has 0 atom stereocenters. The van der Waals surface area contributed by atoms with Gasteiger partial charge in [0.2, 0.25) is 5.91 Å². The second kappa shape index (κ2) is 4.88. The summed E-state index contributed by atoms with van der Waals surface area (Å²) in [5, 5.41) is 2.69. The van der Waals surface area contributed by atoms with Crippen LogP contribution in [0.2, 0.25) is 0 Å². The van der Waals surface area contributed by atoms with Gasteiger partial charge in [-0.1, -0.05) is 6.07 Å². The Morgan fingerprint density at radius 1 is 1.28 bits per heavy atom. The summed E-state index contributed by atoms with van der Waals surface area (Å²) in [6.07, 6.45) is -3.63. The number of anilines is 1.